The van der Waals surface area contributed by atoms with Gasteiger partial charge in [0, 0.05) is 30.4 Å². The first-order chi connectivity index (χ1) is 28.0. The molecule has 8 aliphatic rings. The smallest absolute Gasteiger partial charge is 0.331 e. The van der Waals surface area contributed by atoms with E-state index in [1.807, 2.05) is 0 Å². The van der Waals surface area contributed by atoms with Crippen molar-refractivity contribution in [3.63, 3.8) is 0 Å². The molecule has 21 atom stereocenters. The van der Waals surface area contributed by atoms with Crippen LogP contribution in [0.3, 0.4) is 0 Å². The molecule has 17 nitrogen and oxygen atoms in total. The molecule has 0 aromatic rings. The fourth-order valence-corrected chi connectivity index (χ4v) is 12.7. The lowest BCUT2D eigenvalue weighted by molar-refractivity contribution is -0.355. The predicted molar refractivity (Wildman–Crippen MR) is 201 cm³/mol. The number of cyclic esters (lactones) is 1. The number of methoxy groups -OCH3 is 1. The van der Waals surface area contributed by atoms with Crippen LogP contribution in [0, 0.1) is 34.0 Å². The van der Waals surface area contributed by atoms with E-state index >= 15 is 0 Å². The molecule has 4 aliphatic carbocycles. The van der Waals surface area contributed by atoms with Gasteiger partial charge in [-0.15, -0.1) is 0 Å². The average molecular weight is 841 g/mol. The number of carbonyl (C=O) groups excluding carboxylic acids is 2. The number of rotatable bonds is 10. The third-order valence-corrected chi connectivity index (χ3v) is 16.1. The predicted octanol–water partition coefficient (Wildman–Crippen LogP) is -0.00400. The molecule has 1 spiro atoms. The standard InChI is InChI=1S/C42H64O17/c1-19-36(59-38-35(50)33(48)31(46)26(58-38)18-54-37-34(49)32(47)30(45)25(16-43)57-37)24(52-4)15-29(55-19)56-22-6-9-40(2)21(14-22)5-11-42-12-7-23(20-13-28(44)53-17-20)41(3,39(42)51)10-8-27(40)42/h13,19,21-27,29-38,43,45-50H,5-12,14-18H2,1-4H3/t19-,21-,22+,23-,24+,25-,26+,27+,29+,30+,31+,32+,33-,34+,35+,36-,37-,38-,40+,41-,42-/m1/s1. The monoisotopic (exact) mass is 840 g/mol. The Morgan fingerprint density at radius 2 is 1.47 bits per heavy atom. The normalized spacial score (nSPS) is 52.6. The largest absolute Gasteiger partial charge is 0.458 e. The Balaban J connectivity index is 0.863. The number of hydrogen-bond donors (Lipinski definition) is 7. The van der Waals surface area contributed by atoms with Gasteiger partial charge < -0.3 is 73.6 Å². The molecule has 4 heterocycles. The van der Waals surface area contributed by atoms with Gasteiger partial charge >= 0.3 is 5.97 Å². The molecule has 334 valence electrons. The number of esters is 1. The van der Waals surface area contributed by atoms with Crippen LogP contribution in [-0.2, 0) is 47.5 Å². The Kier molecular flexibility index (Phi) is 12.5. The molecular formula is C42H64O17. The van der Waals surface area contributed by atoms with E-state index in [0.29, 0.717) is 30.6 Å². The maximum atomic E-state index is 14.6. The van der Waals surface area contributed by atoms with E-state index in [2.05, 4.69) is 13.8 Å². The Morgan fingerprint density at radius 1 is 0.780 bits per heavy atom. The first kappa shape index (κ1) is 43.9. The molecule has 4 saturated carbocycles. The van der Waals surface area contributed by atoms with E-state index < -0.39 is 105 Å². The molecule has 3 saturated heterocycles. The van der Waals surface area contributed by atoms with Crippen LogP contribution in [0.5, 0.6) is 0 Å². The van der Waals surface area contributed by atoms with E-state index in [1.54, 1.807) is 13.0 Å². The van der Waals surface area contributed by atoms with Crippen LogP contribution in [0.4, 0.5) is 0 Å². The van der Waals surface area contributed by atoms with Gasteiger partial charge in [-0.05, 0) is 93.5 Å². The van der Waals surface area contributed by atoms with Crippen LogP contribution in [0.2, 0.25) is 0 Å². The summed E-state index contributed by atoms with van der Waals surface area (Å²) < 4.78 is 47.2. The third kappa shape index (κ3) is 7.55. The van der Waals surface area contributed by atoms with Crippen LogP contribution in [0.25, 0.3) is 0 Å². The van der Waals surface area contributed by atoms with Gasteiger partial charge in [-0.1, -0.05) is 13.8 Å². The topological polar surface area (TPSA) is 250 Å². The second-order valence-corrected chi connectivity index (χ2v) is 19.1. The van der Waals surface area contributed by atoms with Gasteiger partial charge in [-0.3, -0.25) is 4.79 Å². The maximum Gasteiger partial charge on any atom is 0.331 e. The van der Waals surface area contributed by atoms with E-state index in [-0.39, 0.29) is 28.8 Å². The molecule has 17 heteroatoms. The minimum Gasteiger partial charge on any atom is -0.458 e. The van der Waals surface area contributed by atoms with Gasteiger partial charge in [0.15, 0.2) is 18.9 Å². The van der Waals surface area contributed by atoms with Crippen LogP contribution in [0.15, 0.2) is 11.6 Å². The SMILES string of the molecule is CO[C@H]1C[C@H](O[C@H]2CC[C@@]3(C)[C@H](CC[C@@]45CC[C@H](C6=CC(=O)OC6)[C@@](C)(CC[C@H]43)C5=O)C2)O[C@H](C)[C@H]1O[C@H]1O[C@@H](CO[C@@H]2O[C@H](CO)[C@H](O)[C@H](O)[C@@H]2O)[C@H](O)[C@@H](O)[C@@H]1O. The van der Waals surface area contributed by atoms with E-state index in [0.717, 1.165) is 63.4 Å². The van der Waals surface area contributed by atoms with E-state index in [9.17, 15) is 45.3 Å². The summed E-state index contributed by atoms with van der Waals surface area (Å²) in [6.45, 7) is 5.49. The Hall–Kier alpha value is -1.68. The summed E-state index contributed by atoms with van der Waals surface area (Å²) in [4.78, 5) is 26.6. The van der Waals surface area contributed by atoms with Crippen molar-refractivity contribution in [1.82, 2.24) is 0 Å². The molecule has 4 aliphatic heterocycles. The zero-order valence-corrected chi connectivity index (χ0v) is 34.4. The molecule has 8 rings (SSSR count). The average Bonchev–Trinajstić information content (AvgIpc) is 3.64. The van der Waals surface area contributed by atoms with Crippen molar-refractivity contribution in [2.45, 2.75) is 177 Å². The summed E-state index contributed by atoms with van der Waals surface area (Å²) in [5.41, 5.74) is 0.201. The van der Waals surface area contributed by atoms with Crippen molar-refractivity contribution in [2.24, 2.45) is 34.0 Å². The molecule has 0 aromatic carbocycles. The Morgan fingerprint density at radius 3 is 2.17 bits per heavy atom. The molecule has 2 bridgehead atoms. The Bertz CT molecular complexity index is 1580. The van der Waals surface area contributed by atoms with Crippen LogP contribution in [0.1, 0.15) is 85.0 Å². The van der Waals surface area contributed by atoms with Crippen LogP contribution >= 0.6 is 0 Å². The molecule has 0 aromatic heterocycles. The molecule has 59 heavy (non-hydrogen) atoms. The highest BCUT2D eigenvalue weighted by molar-refractivity contribution is 5.93. The highest BCUT2D eigenvalue weighted by atomic mass is 16.8. The van der Waals surface area contributed by atoms with Crippen molar-refractivity contribution in [3.8, 4) is 0 Å². The molecule has 7 N–H and O–H groups in total. The lowest BCUT2D eigenvalue weighted by Crippen LogP contribution is -2.64. The highest BCUT2D eigenvalue weighted by Crippen LogP contribution is 2.70. The number of fused-ring (bicyclic) bond motifs is 3. The number of Topliss-reactive ketones (excluding diaryl/α,β-unsaturated/α-hetero) is 1. The van der Waals surface area contributed by atoms with Crippen molar-refractivity contribution < 1.29 is 83.2 Å². The van der Waals surface area contributed by atoms with Crippen molar-refractivity contribution >= 4 is 11.8 Å². The van der Waals surface area contributed by atoms with Gasteiger partial charge in [-0.2, -0.15) is 0 Å². The molecule has 0 unspecified atom stereocenters. The number of aliphatic hydroxyl groups is 7. The number of carbonyl (C=O) groups is 2. The summed E-state index contributed by atoms with van der Waals surface area (Å²) in [6, 6.07) is 0. The maximum absolute atomic E-state index is 14.6. The third-order valence-electron chi connectivity index (χ3n) is 16.1. The summed E-state index contributed by atoms with van der Waals surface area (Å²) in [6.07, 6.45) is -7.97. The minimum atomic E-state index is -1.71. The molecule has 0 radical (unpaired) electrons. The summed E-state index contributed by atoms with van der Waals surface area (Å²) in [7, 11) is 1.54. The van der Waals surface area contributed by atoms with E-state index in [1.165, 1.54) is 7.11 Å². The van der Waals surface area contributed by atoms with Crippen LogP contribution < -0.4 is 0 Å². The van der Waals surface area contributed by atoms with Gasteiger partial charge in [0.05, 0.1) is 31.5 Å². The van der Waals surface area contributed by atoms with Crippen molar-refractivity contribution in [3.05, 3.63) is 11.6 Å². The number of aliphatic hydroxyl groups excluding tert-OH is 7. The van der Waals surface area contributed by atoms with Gasteiger partial charge in [0.2, 0.25) is 0 Å². The fraction of sp³-hybridized carbons (Fsp3) is 0.905. The van der Waals surface area contributed by atoms with Gasteiger partial charge in [-0.25, -0.2) is 4.79 Å². The van der Waals surface area contributed by atoms with Crippen molar-refractivity contribution in [1.29, 1.82) is 0 Å². The number of hydrogen-bond acceptors (Lipinski definition) is 17. The quantitative estimate of drug-likeness (QED) is 0.113. The first-order valence-corrected chi connectivity index (χ1v) is 21.6. The highest BCUT2D eigenvalue weighted by Gasteiger charge is 2.68. The van der Waals surface area contributed by atoms with Gasteiger partial charge in [0.1, 0.15) is 67.3 Å². The van der Waals surface area contributed by atoms with Crippen LogP contribution in [-0.4, -0.2) is 167 Å². The Labute approximate surface area is 344 Å². The summed E-state index contributed by atoms with van der Waals surface area (Å²) in [5, 5.41) is 72.4. The second kappa shape index (κ2) is 16.8. The first-order valence-electron chi connectivity index (χ1n) is 21.6. The zero-order chi connectivity index (χ0) is 42.2. The van der Waals surface area contributed by atoms with Gasteiger partial charge in [0.25, 0.3) is 0 Å². The summed E-state index contributed by atoms with van der Waals surface area (Å²) >= 11 is 0. The lowest BCUT2D eigenvalue weighted by atomic mass is 9.37. The fourth-order valence-electron chi connectivity index (χ4n) is 12.7. The summed E-state index contributed by atoms with van der Waals surface area (Å²) in [5.74, 6) is 0.866. The number of ketones is 1. The van der Waals surface area contributed by atoms with Crippen molar-refractivity contribution in [2.75, 3.05) is 26.9 Å². The minimum absolute atomic E-state index is 0.0130. The molecular weight excluding hydrogens is 776 g/mol. The molecule has 7 fully saturated rings. The zero-order valence-electron chi connectivity index (χ0n) is 34.4. The second-order valence-electron chi connectivity index (χ2n) is 19.1. The van der Waals surface area contributed by atoms with E-state index in [4.69, 9.17) is 37.9 Å². The number of ether oxygens (including phenoxy) is 8. The lowest BCUT2D eigenvalue weighted by Gasteiger charge is -2.66. The molecule has 0 amide bonds.